The first-order valence-electron chi connectivity index (χ1n) is 9.40. The quantitative estimate of drug-likeness (QED) is 0.680. The number of piperidine rings is 1. The van der Waals surface area contributed by atoms with Crippen LogP contribution in [0.3, 0.4) is 0 Å². The third kappa shape index (κ3) is 7.06. The monoisotopic (exact) mass is 425 g/mol. The predicted molar refractivity (Wildman–Crippen MR) is 100 cm³/mol. The number of nitrogens with one attached hydrogen (secondary N) is 1. The van der Waals surface area contributed by atoms with Gasteiger partial charge in [0.2, 0.25) is 11.8 Å². The van der Waals surface area contributed by atoms with E-state index < -0.39 is 18.0 Å². The molecule has 1 atom stereocenters. The van der Waals surface area contributed by atoms with Gasteiger partial charge < -0.3 is 19.7 Å². The van der Waals surface area contributed by atoms with Gasteiger partial charge in [0, 0.05) is 38.0 Å². The second-order valence-corrected chi connectivity index (χ2v) is 7.05. The molecule has 0 bridgehead atoms. The fourth-order valence-corrected chi connectivity index (χ4v) is 3.16. The smallest absolute Gasteiger partial charge is 0.407 e. The van der Waals surface area contributed by atoms with E-state index in [2.05, 4.69) is 14.9 Å². The lowest BCUT2D eigenvalue weighted by atomic mass is 9.96. The molecule has 162 valence electrons. The first-order valence-corrected chi connectivity index (χ1v) is 9.40. The molecule has 1 saturated heterocycles. The summed E-state index contributed by atoms with van der Waals surface area (Å²) in [6.07, 6.45) is -3.52. The SMILES string of the molecule is [C-]#[N+]c1ccc(CNC(=O)[C@@H]2CCCN(C(=O)CCC(C)=O)C2)c(OC(F)(F)F)c1. The fourth-order valence-electron chi connectivity index (χ4n) is 3.16. The van der Waals surface area contributed by atoms with Gasteiger partial charge in [0.15, 0.2) is 5.69 Å². The summed E-state index contributed by atoms with van der Waals surface area (Å²) in [4.78, 5) is 40.4. The topological polar surface area (TPSA) is 80.1 Å². The first-order chi connectivity index (χ1) is 14.1. The van der Waals surface area contributed by atoms with Crippen LogP contribution in [0.25, 0.3) is 4.85 Å². The summed E-state index contributed by atoms with van der Waals surface area (Å²) in [5, 5.41) is 2.59. The van der Waals surface area contributed by atoms with Crippen molar-refractivity contribution in [3.05, 3.63) is 35.2 Å². The normalized spacial score (nSPS) is 16.5. The van der Waals surface area contributed by atoms with Gasteiger partial charge in [0.1, 0.15) is 11.5 Å². The molecule has 2 amide bonds. The Bertz CT molecular complexity index is 849. The van der Waals surface area contributed by atoms with Crippen molar-refractivity contribution in [1.82, 2.24) is 10.2 Å². The van der Waals surface area contributed by atoms with Crippen molar-refractivity contribution in [3.63, 3.8) is 0 Å². The maximum Gasteiger partial charge on any atom is 0.573 e. The number of Topliss-reactive ketones (excluding diaryl/α,β-unsaturated/α-hetero) is 1. The van der Waals surface area contributed by atoms with E-state index in [1.807, 2.05) is 0 Å². The average molecular weight is 425 g/mol. The van der Waals surface area contributed by atoms with Crippen molar-refractivity contribution >= 4 is 23.3 Å². The summed E-state index contributed by atoms with van der Waals surface area (Å²) >= 11 is 0. The Morgan fingerprint density at radius 1 is 1.30 bits per heavy atom. The van der Waals surface area contributed by atoms with Crippen LogP contribution >= 0.6 is 0 Å². The largest absolute Gasteiger partial charge is 0.573 e. The van der Waals surface area contributed by atoms with Crippen molar-refractivity contribution in [2.45, 2.75) is 45.5 Å². The molecule has 7 nitrogen and oxygen atoms in total. The van der Waals surface area contributed by atoms with E-state index in [-0.39, 0.29) is 54.8 Å². The molecule has 0 radical (unpaired) electrons. The number of amides is 2. The van der Waals surface area contributed by atoms with Crippen LogP contribution in [-0.2, 0) is 20.9 Å². The number of rotatable bonds is 7. The number of benzene rings is 1. The lowest BCUT2D eigenvalue weighted by Crippen LogP contribution is -2.45. The molecule has 1 aliphatic rings. The summed E-state index contributed by atoms with van der Waals surface area (Å²) < 4.78 is 41.9. The number of ether oxygens (including phenoxy) is 1. The molecular formula is C20H22F3N3O4. The molecule has 0 spiro atoms. The van der Waals surface area contributed by atoms with Gasteiger partial charge >= 0.3 is 6.36 Å². The minimum absolute atomic E-state index is 0.0173. The van der Waals surface area contributed by atoms with E-state index >= 15 is 0 Å². The van der Waals surface area contributed by atoms with E-state index in [1.165, 1.54) is 19.1 Å². The van der Waals surface area contributed by atoms with Crippen molar-refractivity contribution in [2.75, 3.05) is 13.1 Å². The molecule has 0 unspecified atom stereocenters. The molecule has 1 aromatic rings. The Kier molecular flexibility index (Phi) is 7.80. The van der Waals surface area contributed by atoms with Crippen LogP contribution < -0.4 is 10.1 Å². The van der Waals surface area contributed by atoms with Crippen molar-refractivity contribution in [1.29, 1.82) is 0 Å². The lowest BCUT2D eigenvalue weighted by Gasteiger charge is -2.32. The Hall–Kier alpha value is -3.09. The fraction of sp³-hybridized carbons (Fsp3) is 0.500. The number of likely N-dealkylation sites (tertiary alicyclic amines) is 1. The van der Waals surface area contributed by atoms with Crippen LogP contribution in [0.15, 0.2) is 18.2 Å². The van der Waals surface area contributed by atoms with E-state index in [0.717, 1.165) is 6.07 Å². The Balaban J connectivity index is 1.99. The highest BCUT2D eigenvalue weighted by atomic mass is 19.4. The van der Waals surface area contributed by atoms with Gasteiger partial charge in [0.05, 0.1) is 12.5 Å². The molecule has 1 aliphatic heterocycles. The molecular weight excluding hydrogens is 403 g/mol. The number of hydrogen-bond donors (Lipinski definition) is 1. The van der Waals surface area contributed by atoms with Gasteiger partial charge in [-0.15, -0.1) is 13.2 Å². The molecule has 30 heavy (non-hydrogen) atoms. The van der Waals surface area contributed by atoms with Crippen LogP contribution in [0.5, 0.6) is 5.75 Å². The Morgan fingerprint density at radius 2 is 2.03 bits per heavy atom. The molecule has 0 aliphatic carbocycles. The molecule has 1 fully saturated rings. The Labute approximate surface area is 172 Å². The van der Waals surface area contributed by atoms with E-state index in [1.54, 1.807) is 4.90 Å². The second kappa shape index (κ2) is 10.1. The van der Waals surface area contributed by atoms with Crippen molar-refractivity contribution < 1.29 is 32.3 Å². The zero-order chi connectivity index (χ0) is 22.3. The molecule has 1 aromatic carbocycles. The molecule has 2 rings (SSSR count). The predicted octanol–water partition coefficient (Wildman–Crippen LogP) is 3.36. The van der Waals surface area contributed by atoms with E-state index in [0.29, 0.717) is 19.4 Å². The molecule has 0 saturated carbocycles. The zero-order valence-electron chi connectivity index (χ0n) is 16.4. The van der Waals surface area contributed by atoms with Crippen LogP contribution in [0, 0.1) is 12.5 Å². The standard InChI is InChI=1S/C20H22F3N3O4/c1-13(27)5-8-18(28)26-9-3-4-15(12-26)19(29)25-11-14-6-7-16(24-2)10-17(14)30-20(21,22)23/h6-7,10,15H,3-5,8-9,11-12H2,1H3,(H,25,29)/t15-/m1/s1. The summed E-state index contributed by atoms with van der Waals surface area (Å²) in [6.45, 7) is 8.81. The summed E-state index contributed by atoms with van der Waals surface area (Å²) in [6, 6.07) is 3.61. The van der Waals surface area contributed by atoms with Gasteiger partial charge in [-0.2, -0.15) is 0 Å². The van der Waals surface area contributed by atoms with Gasteiger partial charge in [0.25, 0.3) is 0 Å². The third-order valence-electron chi connectivity index (χ3n) is 4.69. The highest BCUT2D eigenvalue weighted by Gasteiger charge is 2.32. The van der Waals surface area contributed by atoms with E-state index in [9.17, 15) is 27.6 Å². The van der Waals surface area contributed by atoms with Gasteiger partial charge in [-0.05, 0) is 25.8 Å². The summed E-state index contributed by atoms with van der Waals surface area (Å²) in [5.74, 6) is -1.70. The summed E-state index contributed by atoms with van der Waals surface area (Å²) in [5.41, 5.74) is 0.0644. The molecule has 1 heterocycles. The van der Waals surface area contributed by atoms with Crippen LogP contribution in [-0.4, -0.2) is 41.9 Å². The van der Waals surface area contributed by atoms with Gasteiger partial charge in [-0.1, -0.05) is 12.1 Å². The molecule has 10 heteroatoms. The number of halogens is 3. The van der Waals surface area contributed by atoms with Gasteiger partial charge in [-0.25, -0.2) is 4.85 Å². The van der Waals surface area contributed by atoms with E-state index in [4.69, 9.17) is 6.57 Å². The molecule has 0 aromatic heterocycles. The van der Waals surface area contributed by atoms with Gasteiger partial charge in [-0.3, -0.25) is 9.59 Å². The van der Waals surface area contributed by atoms with Crippen LogP contribution in [0.4, 0.5) is 18.9 Å². The van der Waals surface area contributed by atoms with Crippen LogP contribution in [0.1, 0.15) is 38.2 Å². The number of carbonyl (C=O) groups excluding carboxylic acids is 3. The minimum Gasteiger partial charge on any atom is -0.407 e. The van der Waals surface area contributed by atoms with Crippen molar-refractivity contribution in [2.24, 2.45) is 5.92 Å². The second-order valence-electron chi connectivity index (χ2n) is 7.05. The number of nitrogens with zero attached hydrogens (tertiary/aromatic N) is 2. The lowest BCUT2D eigenvalue weighted by molar-refractivity contribution is -0.274. The van der Waals surface area contributed by atoms with Crippen molar-refractivity contribution in [3.8, 4) is 5.75 Å². The first kappa shape index (κ1) is 23.2. The summed E-state index contributed by atoms with van der Waals surface area (Å²) in [7, 11) is 0. The highest BCUT2D eigenvalue weighted by molar-refractivity contribution is 5.84. The average Bonchev–Trinajstić information content (AvgIpc) is 2.69. The Morgan fingerprint density at radius 3 is 2.67 bits per heavy atom. The maximum atomic E-state index is 12.6. The maximum absolute atomic E-state index is 12.6. The number of carbonyl (C=O) groups is 3. The van der Waals surface area contributed by atoms with Crippen LogP contribution in [0.2, 0.25) is 0 Å². The number of hydrogen-bond acceptors (Lipinski definition) is 4. The zero-order valence-corrected chi connectivity index (χ0v) is 16.4. The molecule has 1 N–H and O–H groups in total. The number of ketones is 1. The minimum atomic E-state index is -4.93. The number of alkyl halides is 3. The highest BCUT2D eigenvalue weighted by Crippen LogP contribution is 2.30. The third-order valence-corrected chi connectivity index (χ3v) is 4.69.